The van der Waals surface area contributed by atoms with Gasteiger partial charge in [-0.2, -0.15) is 0 Å². The molecule has 0 aliphatic rings. The number of hydrogen-bond donors (Lipinski definition) is 0. The van der Waals surface area contributed by atoms with Crippen molar-refractivity contribution in [2.75, 3.05) is 0 Å². The Bertz CT molecular complexity index is 816. The first-order chi connectivity index (χ1) is 13.9. The van der Waals surface area contributed by atoms with E-state index in [4.69, 9.17) is 0 Å². The van der Waals surface area contributed by atoms with Crippen LogP contribution in [0.25, 0.3) is 12.2 Å². The monoisotopic (exact) mass is 466 g/mol. The topological polar surface area (TPSA) is 25.8 Å². The molecule has 2 aromatic heterocycles. The van der Waals surface area contributed by atoms with Crippen molar-refractivity contribution in [2.24, 2.45) is 0 Å². The zero-order valence-corrected chi connectivity index (χ0v) is 17.3. The Morgan fingerprint density at radius 3 is 1.21 bits per heavy atom. The quantitative estimate of drug-likeness (QED) is 0.277. The van der Waals surface area contributed by atoms with Crippen LogP contribution >= 0.6 is 0 Å². The van der Waals surface area contributed by atoms with Gasteiger partial charge in [0.05, 0.1) is 0 Å². The molecule has 2 aromatic carbocycles. The number of nitrogens with zero attached hydrogens (tertiary/aromatic N) is 2. The van der Waals surface area contributed by atoms with Gasteiger partial charge in [0.2, 0.25) is 0 Å². The van der Waals surface area contributed by atoms with E-state index in [-0.39, 0.29) is 20.4 Å². The summed E-state index contributed by atoms with van der Waals surface area (Å²) in [6.07, 6.45) is 13.7. The standard InChI is InChI=1S/2C13H10N.Pd/c2*1-2-6-12(7-3-1)9-10-13-8-4-5-11-14-13;/h2*1-8,10-11H;/q2*-1;+2. The van der Waals surface area contributed by atoms with E-state index < -0.39 is 0 Å². The summed E-state index contributed by atoms with van der Waals surface area (Å²) in [6, 6.07) is 31.7. The number of benzene rings is 2. The van der Waals surface area contributed by atoms with E-state index in [1.807, 2.05) is 109 Å². The molecule has 0 N–H and O–H groups in total. The summed E-state index contributed by atoms with van der Waals surface area (Å²) in [5, 5.41) is 0. The second kappa shape index (κ2) is 13.1. The van der Waals surface area contributed by atoms with E-state index in [9.17, 15) is 0 Å². The minimum absolute atomic E-state index is 0. The Labute approximate surface area is 186 Å². The van der Waals surface area contributed by atoms with Gasteiger partial charge in [-0.05, 0) is 23.5 Å². The Morgan fingerprint density at radius 2 is 0.862 bits per heavy atom. The van der Waals surface area contributed by atoms with Gasteiger partial charge in [-0.25, -0.2) is 0 Å². The molecule has 4 rings (SSSR count). The maximum absolute atomic E-state index is 4.18. The number of hydrogen-bond acceptors (Lipinski definition) is 2. The molecule has 4 aromatic rings. The van der Waals surface area contributed by atoms with Gasteiger partial charge in [0.15, 0.2) is 0 Å². The molecule has 0 unspecified atom stereocenters. The van der Waals surface area contributed by atoms with Crippen LogP contribution in [0.5, 0.6) is 0 Å². The summed E-state index contributed by atoms with van der Waals surface area (Å²) in [4.78, 5) is 8.35. The van der Waals surface area contributed by atoms with E-state index >= 15 is 0 Å². The van der Waals surface area contributed by atoms with Crippen LogP contribution in [0.2, 0.25) is 0 Å². The number of rotatable bonds is 4. The Morgan fingerprint density at radius 1 is 0.483 bits per heavy atom. The van der Waals surface area contributed by atoms with Crippen molar-refractivity contribution in [2.45, 2.75) is 0 Å². The Balaban J connectivity index is 0.000000200. The molecule has 0 radical (unpaired) electrons. The number of aromatic nitrogens is 2. The molecule has 0 aliphatic carbocycles. The second-order valence-corrected chi connectivity index (χ2v) is 5.82. The molecule has 0 saturated carbocycles. The maximum atomic E-state index is 4.18. The SMILES string of the molecule is [C-](=Cc1ccccn1)c1ccccc1.[C-](=Cc1ccccn1)c1ccccc1.[Pd+2]. The molecule has 0 fully saturated rings. The largest absolute Gasteiger partial charge is 2.00 e. The third kappa shape index (κ3) is 8.62. The van der Waals surface area contributed by atoms with Gasteiger partial charge in [0, 0.05) is 12.4 Å². The van der Waals surface area contributed by atoms with Gasteiger partial charge < -0.3 is 9.97 Å². The van der Waals surface area contributed by atoms with E-state index in [0.717, 1.165) is 22.5 Å². The minimum atomic E-state index is 0. The van der Waals surface area contributed by atoms with Gasteiger partial charge in [-0.15, -0.1) is 84.0 Å². The maximum Gasteiger partial charge on any atom is 2.00 e. The van der Waals surface area contributed by atoms with Crippen molar-refractivity contribution in [3.8, 4) is 0 Å². The zero-order chi connectivity index (χ0) is 19.3. The summed E-state index contributed by atoms with van der Waals surface area (Å²) in [5.74, 6) is 0. The van der Waals surface area contributed by atoms with Crippen molar-refractivity contribution < 1.29 is 20.4 Å². The van der Waals surface area contributed by atoms with Crippen molar-refractivity contribution in [1.82, 2.24) is 9.97 Å². The number of pyridine rings is 2. The van der Waals surface area contributed by atoms with Crippen molar-refractivity contribution >= 4 is 12.2 Å². The predicted molar refractivity (Wildman–Crippen MR) is 115 cm³/mol. The normalized spacial score (nSPS) is 10.2. The fourth-order valence-electron chi connectivity index (χ4n) is 2.31. The molecule has 0 atom stereocenters. The van der Waals surface area contributed by atoms with Crippen molar-refractivity contribution in [3.05, 3.63) is 144 Å². The summed E-state index contributed by atoms with van der Waals surface area (Å²) in [7, 11) is 0. The Kier molecular flexibility index (Phi) is 10.0. The van der Waals surface area contributed by atoms with Crippen LogP contribution in [0, 0.1) is 12.2 Å². The molecule has 0 aliphatic heterocycles. The molecular weight excluding hydrogens is 447 g/mol. The first-order valence-electron chi connectivity index (χ1n) is 9.02. The van der Waals surface area contributed by atoms with Gasteiger partial charge in [-0.3, -0.25) is 0 Å². The minimum Gasteiger partial charge on any atom is -0.305 e. The molecule has 144 valence electrons. The summed E-state index contributed by atoms with van der Waals surface area (Å²) in [5.41, 5.74) is 3.99. The van der Waals surface area contributed by atoms with Crippen LogP contribution in [0.4, 0.5) is 0 Å². The van der Waals surface area contributed by atoms with Crippen molar-refractivity contribution in [3.63, 3.8) is 0 Å². The van der Waals surface area contributed by atoms with E-state index in [1.54, 1.807) is 12.4 Å². The molecule has 2 nitrogen and oxygen atoms in total. The molecular formula is C26H20N2Pd. The predicted octanol–water partition coefficient (Wildman–Crippen LogP) is 5.89. The van der Waals surface area contributed by atoms with Crippen molar-refractivity contribution in [1.29, 1.82) is 0 Å². The first kappa shape index (κ1) is 22.2. The summed E-state index contributed by atoms with van der Waals surface area (Å²) in [6.45, 7) is 0. The summed E-state index contributed by atoms with van der Waals surface area (Å²) < 4.78 is 0. The average molecular weight is 467 g/mol. The van der Waals surface area contributed by atoms with Crippen LogP contribution in [0.3, 0.4) is 0 Å². The van der Waals surface area contributed by atoms with E-state index in [2.05, 4.69) is 22.1 Å². The van der Waals surface area contributed by atoms with E-state index in [1.165, 1.54) is 0 Å². The van der Waals surface area contributed by atoms with Crippen LogP contribution < -0.4 is 0 Å². The zero-order valence-electron chi connectivity index (χ0n) is 15.8. The molecule has 0 amide bonds. The third-order valence-electron chi connectivity index (χ3n) is 3.70. The van der Waals surface area contributed by atoms with Crippen LogP contribution in [0.1, 0.15) is 22.5 Å². The van der Waals surface area contributed by atoms with Gasteiger partial charge >= 0.3 is 20.4 Å². The second-order valence-electron chi connectivity index (χ2n) is 5.82. The van der Waals surface area contributed by atoms with Crippen LogP contribution in [-0.4, -0.2) is 9.97 Å². The first-order valence-corrected chi connectivity index (χ1v) is 9.02. The fraction of sp³-hybridized carbons (Fsp3) is 0. The van der Waals surface area contributed by atoms with E-state index in [0.29, 0.717) is 0 Å². The molecule has 29 heavy (non-hydrogen) atoms. The molecule has 0 saturated heterocycles. The van der Waals surface area contributed by atoms with Gasteiger partial charge in [0.1, 0.15) is 0 Å². The smallest absolute Gasteiger partial charge is 0.305 e. The fourth-order valence-corrected chi connectivity index (χ4v) is 2.31. The van der Waals surface area contributed by atoms with Crippen LogP contribution in [0.15, 0.2) is 109 Å². The molecule has 2 heterocycles. The summed E-state index contributed by atoms with van der Waals surface area (Å²) >= 11 is 0. The average Bonchev–Trinajstić information content (AvgIpc) is 2.80. The molecule has 3 heteroatoms. The molecule has 0 bridgehead atoms. The van der Waals surface area contributed by atoms with Gasteiger partial charge in [-0.1, -0.05) is 36.4 Å². The Hall–Kier alpha value is -3.12. The van der Waals surface area contributed by atoms with Crippen LogP contribution in [-0.2, 0) is 20.4 Å². The van der Waals surface area contributed by atoms with Gasteiger partial charge in [0.25, 0.3) is 0 Å². The molecule has 0 spiro atoms. The third-order valence-corrected chi connectivity index (χ3v) is 3.70.